The molecule has 0 aliphatic carbocycles. The third-order valence-electron chi connectivity index (χ3n) is 11.8. The number of fused-ring (bicyclic) bond motifs is 8. The normalized spacial score (nSPS) is 13.6. The average Bonchev–Trinajstić information content (AvgIpc) is 3.56. The predicted molar refractivity (Wildman–Crippen MR) is 235 cm³/mol. The van der Waals surface area contributed by atoms with Crippen LogP contribution >= 0.6 is 0 Å². The van der Waals surface area contributed by atoms with Crippen molar-refractivity contribution in [2.75, 3.05) is 9.71 Å². The maximum atomic E-state index is 6.68. The van der Waals surface area contributed by atoms with Crippen molar-refractivity contribution >= 4 is 68.1 Å². The van der Waals surface area contributed by atoms with Gasteiger partial charge < -0.3 is 14.1 Å². The smallest absolute Gasteiger partial charge is 0.333 e. The molecule has 1 aromatic heterocycles. The number of para-hydroxylation sites is 2. The van der Waals surface area contributed by atoms with Crippen molar-refractivity contribution in [3.8, 4) is 22.3 Å². The fourth-order valence-corrected chi connectivity index (χ4v) is 9.08. The standard InChI is InChI=1S/C51H45BN2O/c1-32-29-40-39-31-35(51(5,6)7)23-26-42(39)54(36-24-21-34(22-25-36)50(2,3)4)52-48(40)44(30-32)53(41-19-13-11-17-37(41)33-15-9-8-10-16-33)43-27-28-46-47(49(43)52)38-18-12-14-20-45(38)55-46/h8-31H,1-7H3. The number of hydrogen-bond donors (Lipinski definition) is 0. The van der Waals surface area contributed by atoms with Gasteiger partial charge in [0.05, 0.1) is 5.69 Å². The van der Waals surface area contributed by atoms with Gasteiger partial charge in [-0.1, -0.05) is 133 Å². The molecule has 4 heteroatoms. The largest absolute Gasteiger partial charge is 0.456 e. The van der Waals surface area contributed by atoms with Crippen LogP contribution in [0.15, 0.2) is 150 Å². The third-order valence-corrected chi connectivity index (χ3v) is 11.8. The van der Waals surface area contributed by atoms with Gasteiger partial charge in [0.25, 0.3) is 0 Å². The molecular formula is C51H45BN2O. The molecule has 2 aliphatic heterocycles. The van der Waals surface area contributed by atoms with E-state index in [1.165, 1.54) is 78.0 Å². The number of hydrogen-bond acceptors (Lipinski definition) is 3. The summed E-state index contributed by atoms with van der Waals surface area (Å²) in [4.78, 5) is 5.16. The van der Waals surface area contributed by atoms with E-state index in [2.05, 4.69) is 204 Å². The van der Waals surface area contributed by atoms with Crippen molar-refractivity contribution in [2.45, 2.75) is 59.3 Å². The molecule has 268 valence electrons. The summed E-state index contributed by atoms with van der Waals surface area (Å²) in [5, 5.41) is 2.31. The quantitative estimate of drug-likeness (QED) is 0.170. The zero-order chi connectivity index (χ0) is 37.8. The van der Waals surface area contributed by atoms with Crippen LogP contribution in [0, 0.1) is 6.92 Å². The molecule has 0 saturated carbocycles. The average molecular weight is 713 g/mol. The van der Waals surface area contributed by atoms with Crippen LogP contribution in [0.25, 0.3) is 44.2 Å². The Morgan fingerprint density at radius 1 is 0.491 bits per heavy atom. The van der Waals surface area contributed by atoms with Crippen LogP contribution in [0.1, 0.15) is 58.2 Å². The minimum absolute atomic E-state index is 0.00984. The number of furan rings is 1. The summed E-state index contributed by atoms with van der Waals surface area (Å²) in [6.45, 7) is 15.9. The molecule has 0 N–H and O–H groups in total. The van der Waals surface area contributed by atoms with Crippen LogP contribution in [0.4, 0.5) is 28.4 Å². The van der Waals surface area contributed by atoms with Gasteiger partial charge in [0, 0.05) is 44.6 Å². The summed E-state index contributed by atoms with van der Waals surface area (Å²) >= 11 is 0. The minimum atomic E-state index is -0.126. The Bertz CT molecular complexity index is 2800. The lowest BCUT2D eigenvalue weighted by atomic mass is 9.42. The predicted octanol–water partition coefficient (Wildman–Crippen LogP) is 12.9. The SMILES string of the molecule is Cc1cc2c3c(c1)N(c1ccccc1-c1ccccc1)c1ccc4oc5ccccc5c4c1B3N(c1ccc(C(C)(C)C)cc1)c1ccc(C(C)(C)C)cc1-2. The fraction of sp³-hybridized carbons (Fsp3) is 0.176. The Hall–Kier alpha value is -6.00. The van der Waals surface area contributed by atoms with Crippen molar-refractivity contribution in [3.63, 3.8) is 0 Å². The van der Waals surface area contributed by atoms with Gasteiger partial charge in [0.1, 0.15) is 11.2 Å². The van der Waals surface area contributed by atoms with Crippen molar-refractivity contribution in [2.24, 2.45) is 0 Å². The van der Waals surface area contributed by atoms with Crippen LogP contribution < -0.4 is 20.6 Å². The lowest BCUT2D eigenvalue weighted by Crippen LogP contribution is -2.61. The molecule has 2 aliphatic rings. The summed E-state index contributed by atoms with van der Waals surface area (Å²) in [5.74, 6) is 0. The molecule has 0 atom stereocenters. The van der Waals surface area contributed by atoms with Crippen LogP contribution in [0.2, 0.25) is 0 Å². The maximum Gasteiger partial charge on any atom is 0.333 e. The summed E-state index contributed by atoms with van der Waals surface area (Å²) < 4.78 is 6.68. The molecule has 8 aromatic rings. The summed E-state index contributed by atoms with van der Waals surface area (Å²) in [7, 11) is 0. The van der Waals surface area contributed by atoms with Gasteiger partial charge in [-0.05, 0) is 111 Å². The molecule has 0 amide bonds. The number of nitrogens with zero attached hydrogens (tertiary/aromatic N) is 2. The summed E-state index contributed by atoms with van der Waals surface area (Å²) in [5.41, 5.74) is 19.2. The first-order valence-electron chi connectivity index (χ1n) is 19.6. The minimum Gasteiger partial charge on any atom is -0.456 e. The first kappa shape index (κ1) is 33.6. The molecule has 0 fully saturated rings. The Morgan fingerprint density at radius 2 is 1.16 bits per heavy atom. The maximum absolute atomic E-state index is 6.68. The first-order valence-corrected chi connectivity index (χ1v) is 19.6. The van der Waals surface area contributed by atoms with E-state index in [-0.39, 0.29) is 17.7 Å². The zero-order valence-electron chi connectivity index (χ0n) is 32.7. The van der Waals surface area contributed by atoms with Crippen LogP contribution in [-0.2, 0) is 10.8 Å². The van der Waals surface area contributed by atoms with E-state index >= 15 is 0 Å². The number of aryl methyl sites for hydroxylation is 1. The topological polar surface area (TPSA) is 19.6 Å². The highest BCUT2D eigenvalue weighted by Gasteiger charge is 2.47. The van der Waals surface area contributed by atoms with Crippen molar-refractivity contribution in [1.82, 2.24) is 0 Å². The Labute approximate surface area is 325 Å². The van der Waals surface area contributed by atoms with Gasteiger partial charge >= 0.3 is 6.85 Å². The van der Waals surface area contributed by atoms with Gasteiger partial charge in [0.15, 0.2) is 0 Å². The van der Waals surface area contributed by atoms with Crippen molar-refractivity contribution in [1.29, 1.82) is 0 Å². The molecule has 0 spiro atoms. The molecule has 0 saturated heterocycles. The van der Waals surface area contributed by atoms with E-state index in [1.54, 1.807) is 0 Å². The van der Waals surface area contributed by atoms with Crippen molar-refractivity contribution < 1.29 is 4.42 Å². The first-order chi connectivity index (χ1) is 26.5. The Balaban J connectivity index is 1.36. The highest BCUT2D eigenvalue weighted by atomic mass is 16.3. The van der Waals surface area contributed by atoms with Gasteiger partial charge in [-0.25, -0.2) is 0 Å². The van der Waals surface area contributed by atoms with Crippen LogP contribution in [0.3, 0.4) is 0 Å². The molecule has 3 nitrogen and oxygen atoms in total. The number of benzene rings is 7. The molecule has 7 aromatic carbocycles. The van der Waals surface area contributed by atoms with Gasteiger partial charge in [-0.2, -0.15) is 0 Å². The molecule has 0 unspecified atom stereocenters. The molecule has 0 bridgehead atoms. The van der Waals surface area contributed by atoms with E-state index in [0.29, 0.717) is 0 Å². The molecule has 0 radical (unpaired) electrons. The molecule has 55 heavy (non-hydrogen) atoms. The summed E-state index contributed by atoms with van der Waals surface area (Å²) in [6.07, 6.45) is 0. The van der Waals surface area contributed by atoms with Crippen LogP contribution in [0.5, 0.6) is 0 Å². The van der Waals surface area contributed by atoms with E-state index in [1.807, 2.05) is 0 Å². The van der Waals surface area contributed by atoms with Gasteiger partial charge in [-0.15, -0.1) is 0 Å². The van der Waals surface area contributed by atoms with E-state index in [9.17, 15) is 0 Å². The molecule has 3 heterocycles. The van der Waals surface area contributed by atoms with Crippen molar-refractivity contribution in [3.05, 3.63) is 162 Å². The monoisotopic (exact) mass is 712 g/mol. The van der Waals surface area contributed by atoms with Gasteiger partial charge in [0.2, 0.25) is 0 Å². The second kappa shape index (κ2) is 12.0. The second-order valence-electron chi connectivity index (χ2n) is 17.5. The second-order valence-corrected chi connectivity index (χ2v) is 17.5. The van der Waals surface area contributed by atoms with Gasteiger partial charge in [-0.3, -0.25) is 0 Å². The number of anilines is 5. The highest BCUT2D eigenvalue weighted by molar-refractivity contribution is 6.95. The fourth-order valence-electron chi connectivity index (χ4n) is 9.08. The van der Waals surface area contributed by atoms with Crippen LogP contribution in [-0.4, -0.2) is 6.85 Å². The van der Waals surface area contributed by atoms with E-state index in [0.717, 1.165) is 22.2 Å². The molecule has 10 rings (SSSR count). The van der Waals surface area contributed by atoms with E-state index < -0.39 is 0 Å². The highest BCUT2D eigenvalue weighted by Crippen LogP contribution is 2.50. The lowest BCUT2D eigenvalue weighted by Gasteiger charge is -2.46. The zero-order valence-corrected chi connectivity index (χ0v) is 32.7. The van der Waals surface area contributed by atoms with E-state index in [4.69, 9.17) is 4.42 Å². The Kier molecular flexibility index (Phi) is 7.32. The Morgan fingerprint density at radius 3 is 1.93 bits per heavy atom. The summed E-state index contributed by atoms with van der Waals surface area (Å²) in [6, 6.07) is 54.0. The number of rotatable bonds is 3. The molecular weight excluding hydrogens is 667 g/mol. The third kappa shape index (κ3) is 5.18. The lowest BCUT2D eigenvalue weighted by molar-refractivity contribution is 0.590.